The second kappa shape index (κ2) is 4.66. The number of hydrogen-bond acceptors (Lipinski definition) is 2. The van der Waals surface area contributed by atoms with E-state index in [1.807, 2.05) is 19.2 Å². The number of benzene rings is 1. The molecule has 1 atom stereocenters. The molecule has 0 saturated carbocycles. The summed E-state index contributed by atoms with van der Waals surface area (Å²) in [5.41, 5.74) is 3.65. The first kappa shape index (κ1) is 11.1. The molecule has 0 spiro atoms. The Balaban J connectivity index is 2.27. The molecule has 1 aliphatic rings. The number of amides is 1. The van der Waals surface area contributed by atoms with Crippen LogP contribution in [0.3, 0.4) is 0 Å². The predicted molar refractivity (Wildman–Crippen MR) is 65.6 cm³/mol. The summed E-state index contributed by atoms with van der Waals surface area (Å²) >= 11 is 0. The standard InChI is InChI=1S/C13H18N2O/c1-9(16)15-13-5-3-4-10-8-11(14-2)6-7-12(10)13/h3-5,11,14H,6-8H2,1-2H3,(H,15,16). The van der Waals surface area contributed by atoms with Crippen molar-refractivity contribution in [2.24, 2.45) is 0 Å². The molecule has 1 amide bonds. The van der Waals surface area contributed by atoms with Crippen molar-refractivity contribution in [1.82, 2.24) is 5.32 Å². The molecule has 0 bridgehead atoms. The SMILES string of the molecule is CNC1CCc2c(cccc2NC(C)=O)C1. The number of fused-ring (bicyclic) bond motifs is 1. The summed E-state index contributed by atoms with van der Waals surface area (Å²) in [6.45, 7) is 1.55. The first-order valence-electron chi connectivity index (χ1n) is 5.76. The van der Waals surface area contributed by atoms with Crippen LogP contribution in [0.25, 0.3) is 0 Å². The van der Waals surface area contributed by atoms with Crippen molar-refractivity contribution < 1.29 is 4.79 Å². The lowest BCUT2D eigenvalue weighted by atomic mass is 9.87. The molecular formula is C13H18N2O. The van der Waals surface area contributed by atoms with Crippen LogP contribution in [0, 0.1) is 0 Å². The lowest BCUT2D eigenvalue weighted by Gasteiger charge is -2.26. The van der Waals surface area contributed by atoms with Gasteiger partial charge in [-0.25, -0.2) is 0 Å². The Morgan fingerprint density at radius 3 is 2.94 bits per heavy atom. The van der Waals surface area contributed by atoms with Crippen LogP contribution in [-0.4, -0.2) is 19.0 Å². The van der Waals surface area contributed by atoms with E-state index >= 15 is 0 Å². The van der Waals surface area contributed by atoms with Gasteiger partial charge in [0, 0.05) is 18.7 Å². The van der Waals surface area contributed by atoms with Crippen molar-refractivity contribution in [3.05, 3.63) is 29.3 Å². The molecular weight excluding hydrogens is 200 g/mol. The maximum Gasteiger partial charge on any atom is 0.221 e. The highest BCUT2D eigenvalue weighted by Crippen LogP contribution is 2.27. The van der Waals surface area contributed by atoms with E-state index in [2.05, 4.69) is 16.7 Å². The quantitative estimate of drug-likeness (QED) is 0.793. The third-order valence-electron chi connectivity index (χ3n) is 3.20. The maximum absolute atomic E-state index is 11.1. The van der Waals surface area contributed by atoms with Gasteiger partial charge in [-0.3, -0.25) is 4.79 Å². The Morgan fingerprint density at radius 2 is 2.25 bits per heavy atom. The molecule has 0 fully saturated rings. The van der Waals surface area contributed by atoms with Crippen molar-refractivity contribution in [3.8, 4) is 0 Å². The Bertz CT molecular complexity index is 401. The second-order valence-corrected chi connectivity index (χ2v) is 4.35. The van der Waals surface area contributed by atoms with E-state index in [1.165, 1.54) is 11.1 Å². The van der Waals surface area contributed by atoms with E-state index in [0.717, 1.165) is 24.9 Å². The minimum atomic E-state index is 0.00383. The van der Waals surface area contributed by atoms with Crippen LogP contribution in [0.2, 0.25) is 0 Å². The van der Waals surface area contributed by atoms with Gasteiger partial charge in [0.1, 0.15) is 0 Å². The van der Waals surface area contributed by atoms with Gasteiger partial charge in [-0.2, -0.15) is 0 Å². The number of likely N-dealkylation sites (N-methyl/N-ethyl adjacent to an activating group) is 1. The number of hydrogen-bond donors (Lipinski definition) is 2. The molecule has 1 aliphatic carbocycles. The van der Waals surface area contributed by atoms with E-state index in [0.29, 0.717) is 6.04 Å². The van der Waals surface area contributed by atoms with Crippen molar-refractivity contribution >= 4 is 11.6 Å². The summed E-state index contributed by atoms with van der Waals surface area (Å²) in [6.07, 6.45) is 3.23. The summed E-state index contributed by atoms with van der Waals surface area (Å²) in [6, 6.07) is 6.73. The minimum Gasteiger partial charge on any atom is -0.326 e. The van der Waals surface area contributed by atoms with Gasteiger partial charge >= 0.3 is 0 Å². The summed E-state index contributed by atoms with van der Waals surface area (Å²) in [4.78, 5) is 11.1. The summed E-state index contributed by atoms with van der Waals surface area (Å²) < 4.78 is 0. The van der Waals surface area contributed by atoms with E-state index < -0.39 is 0 Å². The molecule has 86 valence electrons. The van der Waals surface area contributed by atoms with E-state index in [-0.39, 0.29) is 5.91 Å². The summed E-state index contributed by atoms with van der Waals surface area (Å²) in [5.74, 6) is 0.00383. The molecule has 1 aromatic rings. The maximum atomic E-state index is 11.1. The van der Waals surface area contributed by atoms with Crippen molar-refractivity contribution in [2.75, 3.05) is 12.4 Å². The fourth-order valence-electron chi connectivity index (χ4n) is 2.36. The third kappa shape index (κ3) is 2.25. The van der Waals surface area contributed by atoms with Crippen LogP contribution in [0.1, 0.15) is 24.5 Å². The van der Waals surface area contributed by atoms with E-state index in [9.17, 15) is 4.79 Å². The van der Waals surface area contributed by atoms with Gasteiger partial charge in [0.15, 0.2) is 0 Å². The highest BCUT2D eigenvalue weighted by Gasteiger charge is 2.19. The fourth-order valence-corrected chi connectivity index (χ4v) is 2.36. The highest BCUT2D eigenvalue weighted by atomic mass is 16.1. The molecule has 0 heterocycles. The first-order chi connectivity index (χ1) is 7.70. The molecule has 1 unspecified atom stereocenters. The average Bonchev–Trinajstić information content (AvgIpc) is 2.28. The molecule has 0 aliphatic heterocycles. The second-order valence-electron chi connectivity index (χ2n) is 4.35. The molecule has 2 N–H and O–H groups in total. The van der Waals surface area contributed by atoms with Gasteiger partial charge in [0.05, 0.1) is 0 Å². The number of rotatable bonds is 2. The fraction of sp³-hybridized carbons (Fsp3) is 0.462. The summed E-state index contributed by atoms with van der Waals surface area (Å²) in [5, 5.41) is 6.22. The Hall–Kier alpha value is -1.35. The topological polar surface area (TPSA) is 41.1 Å². The number of carbonyl (C=O) groups is 1. The largest absolute Gasteiger partial charge is 0.326 e. The average molecular weight is 218 g/mol. The van der Waals surface area contributed by atoms with E-state index in [1.54, 1.807) is 6.92 Å². The molecule has 16 heavy (non-hydrogen) atoms. The smallest absolute Gasteiger partial charge is 0.221 e. The van der Waals surface area contributed by atoms with Crippen LogP contribution >= 0.6 is 0 Å². The van der Waals surface area contributed by atoms with Gasteiger partial charge in [-0.1, -0.05) is 12.1 Å². The molecule has 0 radical (unpaired) electrons. The zero-order valence-electron chi connectivity index (χ0n) is 9.84. The van der Waals surface area contributed by atoms with Gasteiger partial charge in [-0.05, 0) is 43.5 Å². The van der Waals surface area contributed by atoms with Crippen molar-refractivity contribution in [1.29, 1.82) is 0 Å². The van der Waals surface area contributed by atoms with Crippen LogP contribution in [0.4, 0.5) is 5.69 Å². The Labute approximate surface area is 96.2 Å². The number of anilines is 1. The molecule has 3 heteroatoms. The highest BCUT2D eigenvalue weighted by molar-refractivity contribution is 5.89. The Kier molecular flexibility index (Phi) is 3.25. The minimum absolute atomic E-state index is 0.00383. The lowest BCUT2D eigenvalue weighted by Crippen LogP contribution is -2.31. The van der Waals surface area contributed by atoms with Crippen LogP contribution in [0.5, 0.6) is 0 Å². The number of carbonyl (C=O) groups excluding carboxylic acids is 1. The third-order valence-corrected chi connectivity index (χ3v) is 3.20. The molecule has 0 aromatic heterocycles. The van der Waals surface area contributed by atoms with Crippen molar-refractivity contribution in [2.45, 2.75) is 32.2 Å². The van der Waals surface area contributed by atoms with Gasteiger partial charge in [0.2, 0.25) is 5.91 Å². The number of nitrogens with one attached hydrogen (secondary N) is 2. The van der Waals surface area contributed by atoms with Crippen LogP contribution in [-0.2, 0) is 17.6 Å². The van der Waals surface area contributed by atoms with Crippen molar-refractivity contribution in [3.63, 3.8) is 0 Å². The Morgan fingerprint density at radius 1 is 1.44 bits per heavy atom. The normalized spacial score (nSPS) is 19.0. The molecule has 2 rings (SSSR count). The molecule has 0 saturated heterocycles. The zero-order valence-corrected chi connectivity index (χ0v) is 9.84. The van der Waals surface area contributed by atoms with Crippen LogP contribution < -0.4 is 10.6 Å². The van der Waals surface area contributed by atoms with Crippen LogP contribution in [0.15, 0.2) is 18.2 Å². The predicted octanol–water partition coefficient (Wildman–Crippen LogP) is 1.72. The zero-order chi connectivity index (χ0) is 11.5. The van der Waals surface area contributed by atoms with Gasteiger partial charge < -0.3 is 10.6 Å². The van der Waals surface area contributed by atoms with Gasteiger partial charge in [0.25, 0.3) is 0 Å². The lowest BCUT2D eigenvalue weighted by molar-refractivity contribution is -0.114. The molecule has 3 nitrogen and oxygen atoms in total. The van der Waals surface area contributed by atoms with E-state index in [4.69, 9.17) is 0 Å². The first-order valence-corrected chi connectivity index (χ1v) is 5.76. The van der Waals surface area contributed by atoms with Gasteiger partial charge in [-0.15, -0.1) is 0 Å². The monoisotopic (exact) mass is 218 g/mol. The summed E-state index contributed by atoms with van der Waals surface area (Å²) in [7, 11) is 2.01. The molecule has 1 aromatic carbocycles.